The van der Waals surface area contributed by atoms with E-state index in [0.717, 1.165) is 18.4 Å². The minimum atomic E-state index is -0.301. The molecule has 3 aliphatic rings. The van der Waals surface area contributed by atoms with Gasteiger partial charge in [0.15, 0.2) is 0 Å². The van der Waals surface area contributed by atoms with Gasteiger partial charge < -0.3 is 9.47 Å². The summed E-state index contributed by atoms with van der Waals surface area (Å²) in [6.45, 7) is 9.85. The number of hydrogen-bond acceptors (Lipinski definition) is 4. The number of cyclic esters (lactones) is 1. The molecule has 19 heavy (non-hydrogen) atoms. The van der Waals surface area contributed by atoms with Gasteiger partial charge in [0.2, 0.25) is 0 Å². The third-order valence-electron chi connectivity index (χ3n) is 4.74. The van der Waals surface area contributed by atoms with Gasteiger partial charge in [-0.05, 0) is 25.7 Å². The van der Waals surface area contributed by atoms with Crippen molar-refractivity contribution < 1.29 is 19.1 Å². The number of rotatable bonds is 0. The largest absolute Gasteiger partial charge is 0.462 e. The van der Waals surface area contributed by atoms with E-state index in [-0.39, 0.29) is 41.9 Å². The van der Waals surface area contributed by atoms with Crippen molar-refractivity contribution in [1.29, 1.82) is 0 Å². The van der Waals surface area contributed by atoms with Gasteiger partial charge in [-0.15, -0.1) is 0 Å². The Morgan fingerprint density at radius 3 is 2.63 bits per heavy atom. The highest BCUT2D eigenvalue weighted by Gasteiger charge is 2.52. The standard InChI is InChI=1S/C15H18O4/c1-7-4-5-10-8(2)15(17)19-14(10)13-9(3)18-12(16)6-11(7)13/h9-11,13-14H,1-2,4-6H2,3H3. The summed E-state index contributed by atoms with van der Waals surface area (Å²) in [6.07, 6.45) is 1.53. The smallest absolute Gasteiger partial charge is 0.334 e. The number of esters is 2. The van der Waals surface area contributed by atoms with Gasteiger partial charge in [-0.3, -0.25) is 4.79 Å². The molecule has 0 N–H and O–H groups in total. The van der Waals surface area contributed by atoms with Crippen LogP contribution in [0.5, 0.6) is 0 Å². The van der Waals surface area contributed by atoms with Gasteiger partial charge in [-0.2, -0.15) is 0 Å². The molecular formula is C15H18O4. The Kier molecular flexibility index (Phi) is 2.77. The summed E-state index contributed by atoms with van der Waals surface area (Å²) in [5, 5.41) is 0. The SMILES string of the molecule is C=C1C(=O)OC2C1CCC(=C)C1CC(=O)OC(C)C12. The van der Waals surface area contributed by atoms with Crippen LogP contribution in [0.15, 0.2) is 24.3 Å². The number of ether oxygens (including phenoxy) is 2. The first-order chi connectivity index (χ1) is 8.99. The fraction of sp³-hybridized carbons (Fsp3) is 0.600. The molecular weight excluding hydrogens is 244 g/mol. The van der Waals surface area contributed by atoms with Gasteiger partial charge in [0.25, 0.3) is 0 Å². The van der Waals surface area contributed by atoms with Crippen LogP contribution in [0.1, 0.15) is 26.2 Å². The molecule has 102 valence electrons. The fourth-order valence-corrected chi connectivity index (χ4v) is 3.73. The highest BCUT2D eigenvalue weighted by Crippen LogP contribution is 2.48. The minimum absolute atomic E-state index is 0.0147. The lowest BCUT2D eigenvalue weighted by Crippen LogP contribution is -2.45. The van der Waals surface area contributed by atoms with Crippen LogP contribution in [0, 0.1) is 17.8 Å². The molecule has 2 aliphatic heterocycles. The summed E-state index contributed by atoms with van der Waals surface area (Å²) in [5.74, 6) is -0.369. The highest BCUT2D eigenvalue weighted by molar-refractivity contribution is 5.91. The van der Waals surface area contributed by atoms with Crippen LogP contribution in [0.4, 0.5) is 0 Å². The Balaban J connectivity index is 1.98. The van der Waals surface area contributed by atoms with Crippen molar-refractivity contribution in [1.82, 2.24) is 0 Å². The number of carbonyl (C=O) groups is 2. The van der Waals surface area contributed by atoms with E-state index in [2.05, 4.69) is 13.2 Å². The third kappa shape index (κ3) is 1.81. The highest BCUT2D eigenvalue weighted by atomic mass is 16.6. The quantitative estimate of drug-likeness (QED) is 0.380. The van der Waals surface area contributed by atoms with Crippen molar-refractivity contribution in [2.45, 2.75) is 38.4 Å². The van der Waals surface area contributed by atoms with Gasteiger partial charge >= 0.3 is 11.9 Å². The van der Waals surface area contributed by atoms with Gasteiger partial charge in [-0.25, -0.2) is 4.79 Å². The molecule has 3 rings (SSSR count). The molecule has 0 aromatic rings. The van der Waals surface area contributed by atoms with Crippen LogP contribution >= 0.6 is 0 Å². The van der Waals surface area contributed by atoms with Crippen LogP contribution in [-0.4, -0.2) is 24.1 Å². The second kappa shape index (κ2) is 4.22. The zero-order valence-corrected chi connectivity index (χ0v) is 11.1. The first kappa shape index (κ1) is 12.5. The topological polar surface area (TPSA) is 52.6 Å². The van der Waals surface area contributed by atoms with E-state index in [1.54, 1.807) is 0 Å². The van der Waals surface area contributed by atoms with Gasteiger partial charge in [0.1, 0.15) is 12.2 Å². The van der Waals surface area contributed by atoms with E-state index in [0.29, 0.717) is 12.0 Å². The van der Waals surface area contributed by atoms with Crippen molar-refractivity contribution in [2.24, 2.45) is 17.8 Å². The second-order valence-electron chi connectivity index (χ2n) is 5.78. The lowest BCUT2D eigenvalue weighted by molar-refractivity contribution is -0.168. The van der Waals surface area contributed by atoms with Crippen LogP contribution in [0.3, 0.4) is 0 Å². The van der Waals surface area contributed by atoms with Crippen LogP contribution in [-0.2, 0) is 19.1 Å². The van der Waals surface area contributed by atoms with Crippen LogP contribution in [0.25, 0.3) is 0 Å². The summed E-state index contributed by atoms with van der Waals surface area (Å²) in [4.78, 5) is 23.3. The van der Waals surface area contributed by atoms with E-state index in [1.807, 2.05) is 6.92 Å². The summed E-state index contributed by atoms with van der Waals surface area (Å²) < 4.78 is 10.8. The molecule has 5 atom stereocenters. The van der Waals surface area contributed by atoms with Crippen molar-refractivity contribution in [3.63, 3.8) is 0 Å². The minimum Gasteiger partial charge on any atom is -0.462 e. The zero-order valence-electron chi connectivity index (χ0n) is 11.1. The number of allylic oxidation sites excluding steroid dienone is 1. The molecule has 3 fully saturated rings. The van der Waals surface area contributed by atoms with Crippen molar-refractivity contribution in [3.8, 4) is 0 Å². The maximum Gasteiger partial charge on any atom is 0.334 e. The molecule has 2 saturated heterocycles. The monoisotopic (exact) mass is 262 g/mol. The Bertz CT molecular complexity index is 479. The summed E-state index contributed by atoms with van der Waals surface area (Å²) >= 11 is 0. The Morgan fingerprint density at radius 2 is 1.89 bits per heavy atom. The molecule has 4 nitrogen and oxygen atoms in total. The van der Waals surface area contributed by atoms with E-state index < -0.39 is 0 Å². The molecule has 0 amide bonds. The normalized spacial score (nSPS) is 42.1. The first-order valence-corrected chi connectivity index (χ1v) is 6.76. The number of carbonyl (C=O) groups excluding carboxylic acids is 2. The van der Waals surface area contributed by atoms with E-state index in [1.165, 1.54) is 0 Å². The van der Waals surface area contributed by atoms with Crippen LogP contribution < -0.4 is 0 Å². The average molecular weight is 262 g/mol. The molecule has 0 aromatic heterocycles. The Labute approximate surface area is 112 Å². The lowest BCUT2D eigenvalue weighted by Gasteiger charge is -2.38. The predicted molar refractivity (Wildman–Crippen MR) is 68.0 cm³/mol. The Morgan fingerprint density at radius 1 is 1.16 bits per heavy atom. The van der Waals surface area contributed by atoms with E-state index in [4.69, 9.17) is 9.47 Å². The van der Waals surface area contributed by atoms with E-state index in [9.17, 15) is 9.59 Å². The molecule has 0 spiro atoms. The lowest BCUT2D eigenvalue weighted by atomic mass is 9.75. The Hall–Kier alpha value is -1.58. The van der Waals surface area contributed by atoms with Crippen LogP contribution in [0.2, 0.25) is 0 Å². The summed E-state index contributed by atoms with van der Waals surface area (Å²) in [7, 11) is 0. The molecule has 2 heterocycles. The molecule has 1 aliphatic carbocycles. The summed E-state index contributed by atoms with van der Waals surface area (Å²) in [5.41, 5.74) is 1.63. The molecule has 5 unspecified atom stereocenters. The predicted octanol–water partition coefficient (Wildman–Crippen LogP) is 2.00. The molecule has 1 saturated carbocycles. The maximum atomic E-state index is 11.7. The third-order valence-corrected chi connectivity index (χ3v) is 4.74. The van der Waals surface area contributed by atoms with E-state index >= 15 is 0 Å². The number of hydrogen-bond donors (Lipinski definition) is 0. The van der Waals surface area contributed by atoms with Gasteiger partial charge in [0, 0.05) is 17.4 Å². The van der Waals surface area contributed by atoms with Crippen molar-refractivity contribution in [2.75, 3.05) is 0 Å². The summed E-state index contributed by atoms with van der Waals surface area (Å²) in [6, 6.07) is 0. The molecule has 0 aromatic carbocycles. The molecule has 4 heteroatoms. The molecule has 0 bridgehead atoms. The molecule has 0 radical (unpaired) electrons. The van der Waals surface area contributed by atoms with Gasteiger partial charge in [0.05, 0.1) is 6.42 Å². The zero-order chi connectivity index (χ0) is 13.7. The van der Waals surface area contributed by atoms with Gasteiger partial charge in [-0.1, -0.05) is 18.7 Å². The van der Waals surface area contributed by atoms with Crippen molar-refractivity contribution >= 4 is 11.9 Å². The second-order valence-corrected chi connectivity index (χ2v) is 5.78. The number of fused-ring (bicyclic) bond motifs is 3. The maximum absolute atomic E-state index is 11.7. The van der Waals surface area contributed by atoms with Crippen molar-refractivity contribution in [3.05, 3.63) is 24.3 Å². The average Bonchev–Trinajstić information content (AvgIpc) is 2.53. The fourth-order valence-electron chi connectivity index (χ4n) is 3.73. The first-order valence-electron chi connectivity index (χ1n) is 6.76.